The zero-order chi connectivity index (χ0) is 20.2. The second-order valence-electron chi connectivity index (χ2n) is 8.13. The normalized spacial score (nSPS) is 14.1. The molecular weight excluding hydrogens is 354 g/mol. The zero-order valence-corrected chi connectivity index (χ0v) is 17.6. The highest BCUT2D eigenvalue weighted by Crippen LogP contribution is 2.15. The summed E-state index contributed by atoms with van der Waals surface area (Å²) in [5.41, 5.74) is -0.219. The minimum Gasteiger partial charge on any atom is -0.459 e. The fourth-order valence-corrected chi connectivity index (χ4v) is 3.19. The van der Waals surface area contributed by atoms with Crippen LogP contribution >= 0.6 is 0 Å². The predicted molar refractivity (Wildman–Crippen MR) is 101 cm³/mol. The van der Waals surface area contributed by atoms with Crippen LogP contribution in [-0.4, -0.2) is 38.2 Å². The van der Waals surface area contributed by atoms with E-state index in [2.05, 4.69) is 4.72 Å². The number of hydrogen-bond donors (Lipinski definition) is 1. The highest BCUT2D eigenvalue weighted by Gasteiger charge is 2.31. The lowest BCUT2D eigenvalue weighted by atomic mass is 10.2. The van der Waals surface area contributed by atoms with Crippen molar-refractivity contribution < 1.29 is 22.7 Å². The monoisotopic (exact) mass is 385 g/mol. The number of carbonyl (C=O) groups excluding carboxylic acids is 1. The van der Waals surface area contributed by atoms with Gasteiger partial charge in [-0.3, -0.25) is 4.79 Å². The third-order valence-electron chi connectivity index (χ3n) is 3.31. The Morgan fingerprint density at radius 3 is 2.00 bits per heavy atom. The average Bonchev–Trinajstić information content (AvgIpc) is 2.48. The van der Waals surface area contributed by atoms with Crippen LogP contribution in [0.5, 0.6) is 0 Å². The van der Waals surface area contributed by atoms with Crippen LogP contribution in [0, 0.1) is 0 Å². The molecule has 1 N–H and O–H groups in total. The van der Waals surface area contributed by atoms with Crippen molar-refractivity contribution in [1.29, 1.82) is 0 Å². The molecule has 7 heteroatoms. The number of carbonyl (C=O) groups is 1. The van der Waals surface area contributed by atoms with Crippen LogP contribution in [0.3, 0.4) is 0 Å². The van der Waals surface area contributed by atoms with Crippen molar-refractivity contribution in [3.63, 3.8) is 0 Å². The van der Waals surface area contributed by atoms with Crippen molar-refractivity contribution in [2.75, 3.05) is 6.61 Å². The van der Waals surface area contributed by atoms with E-state index in [1.807, 2.05) is 27.7 Å². The molecule has 0 aliphatic heterocycles. The van der Waals surface area contributed by atoms with Crippen LogP contribution in [0.2, 0.25) is 0 Å². The van der Waals surface area contributed by atoms with Gasteiger partial charge in [-0.15, -0.1) is 0 Å². The minimum atomic E-state index is -3.88. The molecule has 0 aromatic heterocycles. The Labute approximate surface area is 157 Å². The molecule has 1 unspecified atom stereocenters. The Kier molecular flexibility index (Phi) is 7.39. The summed E-state index contributed by atoms with van der Waals surface area (Å²) in [5.74, 6) is -0.671. The van der Waals surface area contributed by atoms with Gasteiger partial charge in [-0.2, -0.15) is 4.72 Å². The molecule has 0 saturated carbocycles. The number of rotatable bonds is 7. The molecule has 6 nitrogen and oxygen atoms in total. The Morgan fingerprint density at radius 2 is 1.58 bits per heavy atom. The lowest BCUT2D eigenvalue weighted by Crippen LogP contribution is -2.48. The Bertz CT molecular complexity index is 697. The molecule has 1 aromatic carbocycles. The van der Waals surface area contributed by atoms with Crippen molar-refractivity contribution in [3.8, 4) is 0 Å². The minimum absolute atomic E-state index is 0.0963. The van der Waals surface area contributed by atoms with E-state index in [0.717, 1.165) is 12.0 Å². The summed E-state index contributed by atoms with van der Waals surface area (Å²) < 4.78 is 38.7. The summed E-state index contributed by atoms with van der Waals surface area (Å²) in [5, 5.41) is 0. The molecule has 1 aromatic rings. The van der Waals surface area contributed by atoms with Gasteiger partial charge in [0.1, 0.15) is 11.6 Å². The largest absolute Gasteiger partial charge is 0.459 e. The van der Waals surface area contributed by atoms with Crippen LogP contribution in [-0.2, 0) is 30.7 Å². The van der Waals surface area contributed by atoms with Gasteiger partial charge in [-0.25, -0.2) is 8.42 Å². The first-order valence-electron chi connectivity index (χ1n) is 8.71. The SMILES string of the molecule is CCc1ccc(S(=O)(=O)NC(COC(C)(C)C)C(=O)OC(C)(C)C)cc1. The molecular formula is C19H31NO5S. The molecule has 0 amide bonds. The second kappa shape index (κ2) is 8.50. The van der Waals surface area contributed by atoms with Gasteiger partial charge >= 0.3 is 5.97 Å². The summed E-state index contributed by atoms with van der Waals surface area (Å²) >= 11 is 0. The maximum absolute atomic E-state index is 12.7. The van der Waals surface area contributed by atoms with Crippen molar-refractivity contribution in [2.24, 2.45) is 0 Å². The van der Waals surface area contributed by atoms with E-state index in [4.69, 9.17) is 9.47 Å². The summed E-state index contributed by atoms with van der Waals surface area (Å²) in [6, 6.07) is 5.42. The van der Waals surface area contributed by atoms with Gasteiger partial charge in [-0.05, 0) is 65.7 Å². The fraction of sp³-hybridized carbons (Fsp3) is 0.632. The quantitative estimate of drug-likeness (QED) is 0.730. The van der Waals surface area contributed by atoms with Crippen molar-refractivity contribution in [3.05, 3.63) is 29.8 Å². The molecule has 0 aliphatic carbocycles. The third-order valence-corrected chi connectivity index (χ3v) is 4.80. The summed E-state index contributed by atoms with van der Waals surface area (Å²) in [6.07, 6.45) is 0.813. The molecule has 0 radical (unpaired) electrons. The van der Waals surface area contributed by atoms with Gasteiger partial charge in [-0.1, -0.05) is 19.1 Å². The maximum atomic E-state index is 12.7. The van der Waals surface area contributed by atoms with Gasteiger partial charge in [0, 0.05) is 0 Å². The summed E-state index contributed by atoms with van der Waals surface area (Å²) in [7, 11) is -3.88. The average molecular weight is 386 g/mol. The Hall–Kier alpha value is -1.44. The first-order chi connectivity index (χ1) is 11.7. The fourth-order valence-electron chi connectivity index (χ4n) is 2.02. The van der Waals surface area contributed by atoms with Crippen LogP contribution in [0.15, 0.2) is 29.2 Å². The molecule has 1 atom stereocenters. The van der Waals surface area contributed by atoms with Gasteiger partial charge in [0.2, 0.25) is 10.0 Å². The Balaban J connectivity index is 3.02. The van der Waals surface area contributed by atoms with Gasteiger partial charge in [0.15, 0.2) is 0 Å². The topological polar surface area (TPSA) is 81.7 Å². The van der Waals surface area contributed by atoms with Gasteiger partial charge < -0.3 is 9.47 Å². The maximum Gasteiger partial charge on any atom is 0.327 e. The van der Waals surface area contributed by atoms with E-state index in [1.54, 1.807) is 32.9 Å². The number of ether oxygens (including phenoxy) is 2. The molecule has 26 heavy (non-hydrogen) atoms. The molecule has 1 rings (SSSR count). The lowest BCUT2D eigenvalue weighted by molar-refractivity contribution is -0.159. The molecule has 0 aliphatic rings. The van der Waals surface area contributed by atoms with E-state index < -0.39 is 33.2 Å². The predicted octanol–water partition coefficient (Wildman–Crippen LogP) is 3.05. The standard InChI is InChI=1S/C19H31NO5S/c1-8-14-9-11-15(12-10-14)26(22,23)20-16(13-24-18(2,3)4)17(21)25-19(5,6)7/h9-12,16,20H,8,13H2,1-7H3. The third kappa shape index (κ3) is 7.85. The van der Waals surface area contributed by atoms with E-state index in [0.29, 0.717) is 0 Å². The number of benzene rings is 1. The van der Waals surface area contributed by atoms with Crippen LogP contribution in [0.4, 0.5) is 0 Å². The number of sulfonamides is 1. The Morgan fingerprint density at radius 1 is 1.04 bits per heavy atom. The zero-order valence-electron chi connectivity index (χ0n) is 16.8. The van der Waals surface area contributed by atoms with E-state index >= 15 is 0 Å². The molecule has 0 saturated heterocycles. The van der Waals surface area contributed by atoms with Crippen LogP contribution in [0.25, 0.3) is 0 Å². The van der Waals surface area contributed by atoms with Crippen molar-refractivity contribution >= 4 is 16.0 Å². The van der Waals surface area contributed by atoms with E-state index in [9.17, 15) is 13.2 Å². The molecule has 0 heterocycles. The first kappa shape index (κ1) is 22.6. The molecule has 0 fully saturated rings. The molecule has 0 spiro atoms. The van der Waals surface area contributed by atoms with Crippen molar-refractivity contribution in [1.82, 2.24) is 4.72 Å². The molecule has 0 bridgehead atoms. The van der Waals surface area contributed by atoms with Gasteiger partial charge in [0.05, 0.1) is 17.1 Å². The van der Waals surface area contributed by atoms with E-state index in [-0.39, 0.29) is 11.5 Å². The lowest BCUT2D eigenvalue weighted by Gasteiger charge is -2.27. The number of esters is 1. The smallest absolute Gasteiger partial charge is 0.327 e. The van der Waals surface area contributed by atoms with E-state index in [1.165, 1.54) is 12.1 Å². The van der Waals surface area contributed by atoms with Crippen LogP contribution < -0.4 is 4.72 Å². The van der Waals surface area contributed by atoms with Crippen molar-refractivity contribution in [2.45, 2.75) is 77.0 Å². The number of nitrogens with one attached hydrogen (secondary N) is 1. The second-order valence-corrected chi connectivity index (χ2v) is 9.84. The number of hydrogen-bond acceptors (Lipinski definition) is 5. The number of aryl methyl sites for hydroxylation is 1. The van der Waals surface area contributed by atoms with Crippen LogP contribution in [0.1, 0.15) is 54.0 Å². The summed E-state index contributed by atoms with van der Waals surface area (Å²) in [4.78, 5) is 12.6. The highest BCUT2D eigenvalue weighted by atomic mass is 32.2. The molecule has 148 valence electrons. The highest BCUT2D eigenvalue weighted by molar-refractivity contribution is 7.89. The van der Waals surface area contributed by atoms with Gasteiger partial charge in [0.25, 0.3) is 0 Å². The first-order valence-corrected chi connectivity index (χ1v) is 10.2. The summed E-state index contributed by atoms with van der Waals surface area (Å²) in [6.45, 7) is 12.5.